The van der Waals surface area contributed by atoms with E-state index in [4.69, 9.17) is 5.26 Å². The first-order valence-electron chi connectivity index (χ1n) is 5.61. The van der Waals surface area contributed by atoms with Crippen LogP contribution in [0.1, 0.15) is 40.2 Å². The van der Waals surface area contributed by atoms with E-state index >= 15 is 0 Å². The lowest BCUT2D eigenvalue weighted by molar-refractivity contribution is 0.112. The number of aldehydes is 1. The lowest BCUT2D eigenvalue weighted by atomic mass is 9.99. The van der Waals surface area contributed by atoms with Crippen LogP contribution < -0.4 is 0 Å². The number of carbonyl (C=O) groups is 1. The van der Waals surface area contributed by atoms with Crippen LogP contribution in [0.5, 0.6) is 0 Å². The summed E-state index contributed by atoms with van der Waals surface area (Å²) in [6.45, 7) is 0. The number of nitriles is 1. The zero-order valence-corrected chi connectivity index (χ0v) is 9.18. The van der Waals surface area contributed by atoms with Gasteiger partial charge in [0.25, 0.3) is 0 Å². The van der Waals surface area contributed by atoms with Crippen LogP contribution >= 0.6 is 0 Å². The normalized spacial score (nSPS) is 14.5. The van der Waals surface area contributed by atoms with Crippen molar-refractivity contribution in [1.82, 2.24) is 4.98 Å². The zero-order valence-electron chi connectivity index (χ0n) is 9.18. The summed E-state index contributed by atoms with van der Waals surface area (Å²) in [6.07, 6.45) is 4.71. The molecule has 0 radical (unpaired) electrons. The Morgan fingerprint density at radius 3 is 2.88 bits per heavy atom. The third-order valence-corrected chi connectivity index (χ3v) is 3.18. The van der Waals surface area contributed by atoms with Gasteiger partial charge < -0.3 is 0 Å². The van der Waals surface area contributed by atoms with Crippen LogP contribution in [-0.2, 0) is 0 Å². The molecule has 0 unspecified atom stereocenters. The van der Waals surface area contributed by atoms with Crippen LogP contribution in [-0.4, -0.2) is 11.3 Å². The molecule has 3 rings (SSSR count). The number of pyridine rings is 1. The van der Waals surface area contributed by atoms with Gasteiger partial charge in [0.2, 0.25) is 0 Å². The number of carbonyl (C=O) groups excluding carboxylic acids is 1. The van der Waals surface area contributed by atoms with E-state index in [-0.39, 0.29) is 0 Å². The highest BCUT2D eigenvalue weighted by molar-refractivity contribution is 5.90. The molecule has 17 heavy (non-hydrogen) atoms. The van der Waals surface area contributed by atoms with E-state index in [1.807, 2.05) is 12.1 Å². The maximum Gasteiger partial charge on any atom is 0.150 e. The molecular formula is C14H10N2O. The maximum absolute atomic E-state index is 10.8. The third-order valence-electron chi connectivity index (χ3n) is 3.18. The molecular weight excluding hydrogens is 212 g/mol. The topological polar surface area (TPSA) is 53.8 Å². The largest absolute Gasteiger partial charge is 0.298 e. The minimum Gasteiger partial charge on any atom is -0.298 e. The average molecular weight is 222 g/mol. The average Bonchev–Trinajstić information content (AvgIpc) is 3.20. The Labute approximate surface area is 98.7 Å². The van der Waals surface area contributed by atoms with Crippen LogP contribution in [0.15, 0.2) is 24.4 Å². The highest BCUT2D eigenvalue weighted by Gasteiger charge is 2.28. The van der Waals surface area contributed by atoms with E-state index in [1.54, 1.807) is 12.3 Å². The molecule has 1 aliphatic rings. The van der Waals surface area contributed by atoms with Gasteiger partial charge in [0.15, 0.2) is 0 Å². The summed E-state index contributed by atoms with van der Waals surface area (Å²) in [6, 6.07) is 7.63. The number of hydrogen-bond acceptors (Lipinski definition) is 3. The fourth-order valence-corrected chi connectivity index (χ4v) is 2.20. The van der Waals surface area contributed by atoms with Crippen molar-refractivity contribution in [2.45, 2.75) is 18.8 Å². The molecule has 1 saturated carbocycles. The van der Waals surface area contributed by atoms with Crippen molar-refractivity contribution in [2.75, 3.05) is 0 Å². The number of rotatable bonds is 2. The molecule has 0 saturated heterocycles. The quantitative estimate of drug-likeness (QED) is 0.734. The monoisotopic (exact) mass is 222 g/mol. The molecule has 0 amide bonds. The Kier molecular flexibility index (Phi) is 2.15. The van der Waals surface area contributed by atoms with E-state index in [0.29, 0.717) is 17.0 Å². The summed E-state index contributed by atoms with van der Waals surface area (Å²) < 4.78 is 0. The second kappa shape index (κ2) is 3.67. The van der Waals surface area contributed by atoms with Gasteiger partial charge in [-0.25, -0.2) is 0 Å². The van der Waals surface area contributed by atoms with Crippen LogP contribution in [0.25, 0.3) is 10.9 Å². The molecule has 1 aromatic heterocycles. The van der Waals surface area contributed by atoms with Gasteiger partial charge in [-0.3, -0.25) is 9.78 Å². The predicted octanol–water partition coefficient (Wildman–Crippen LogP) is 2.80. The first-order chi connectivity index (χ1) is 8.33. The minimum absolute atomic E-state index is 0.469. The smallest absolute Gasteiger partial charge is 0.150 e. The summed E-state index contributed by atoms with van der Waals surface area (Å²) in [5.74, 6) is 0.469. The van der Waals surface area contributed by atoms with E-state index in [1.165, 1.54) is 0 Å². The highest BCUT2D eigenvalue weighted by Crippen LogP contribution is 2.44. The first-order valence-corrected chi connectivity index (χ1v) is 5.61. The number of hydrogen-bond donors (Lipinski definition) is 0. The van der Waals surface area contributed by atoms with Crippen molar-refractivity contribution >= 4 is 17.2 Å². The van der Waals surface area contributed by atoms with Crippen molar-refractivity contribution in [3.63, 3.8) is 0 Å². The second-order valence-corrected chi connectivity index (χ2v) is 4.37. The Bertz CT molecular complexity index is 651. The molecule has 1 heterocycles. The van der Waals surface area contributed by atoms with E-state index in [0.717, 1.165) is 35.6 Å². The van der Waals surface area contributed by atoms with Crippen molar-refractivity contribution in [2.24, 2.45) is 0 Å². The molecule has 1 aliphatic carbocycles. The Hall–Kier alpha value is -2.21. The fraction of sp³-hybridized carbons (Fsp3) is 0.214. The predicted molar refractivity (Wildman–Crippen MR) is 63.8 cm³/mol. The van der Waals surface area contributed by atoms with Gasteiger partial charge >= 0.3 is 0 Å². The molecule has 0 aliphatic heterocycles. The maximum atomic E-state index is 10.8. The van der Waals surface area contributed by atoms with Gasteiger partial charge in [0, 0.05) is 17.1 Å². The Balaban J connectivity index is 2.36. The van der Waals surface area contributed by atoms with Gasteiger partial charge in [-0.15, -0.1) is 0 Å². The molecule has 2 aromatic rings. The molecule has 3 nitrogen and oxygen atoms in total. The van der Waals surface area contributed by atoms with Crippen molar-refractivity contribution < 1.29 is 4.79 Å². The van der Waals surface area contributed by atoms with E-state index in [9.17, 15) is 4.79 Å². The summed E-state index contributed by atoms with van der Waals surface area (Å²) in [4.78, 5) is 15.1. The molecule has 0 spiro atoms. The summed E-state index contributed by atoms with van der Waals surface area (Å²) in [5.41, 5.74) is 3.21. The van der Waals surface area contributed by atoms with Crippen molar-refractivity contribution in [1.29, 1.82) is 5.26 Å². The van der Waals surface area contributed by atoms with Gasteiger partial charge in [0.05, 0.1) is 11.1 Å². The van der Waals surface area contributed by atoms with Gasteiger partial charge in [0.1, 0.15) is 12.4 Å². The minimum atomic E-state index is 0.469. The summed E-state index contributed by atoms with van der Waals surface area (Å²) in [5, 5.41) is 10.1. The van der Waals surface area contributed by atoms with E-state index < -0.39 is 0 Å². The van der Waals surface area contributed by atoms with Crippen LogP contribution in [0.3, 0.4) is 0 Å². The number of fused-ring (bicyclic) bond motifs is 1. The van der Waals surface area contributed by atoms with Crippen LogP contribution in [0.2, 0.25) is 0 Å². The first kappa shape index (κ1) is 9.98. The molecule has 82 valence electrons. The zero-order chi connectivity index (χ0) is 11.8. The fourth-order valence-electron chi connectivity index (χ4n) is 2.20. The molecule has 0 bridgehead atoms. The van der Waals surface area contributed by atoms with Gasteiger partial charge in [-0.05, 0) is 42.5 Å². The number of benzene rings is 1. The van der Waals surface area contributed by atoms with Gasteiger partial charge in [-0.1, -0.05) is 0 Å². The van der Waals surface area contributed by atoms with E-state index in [2.05, 4.69) is 11.1 Å². The van der Waals surface area contributed by atoms with Crippen molar-refractivity contribution in [3.05, 3.63) is 41.1 Å². The third kappa shape index (κ3) is 1.58. The molecule has 0 atom stereocenters. The Morgan fingerprint density at radius 2 is 2.24 bits per heavy atom. The van der Waals surface area contributed by atoms with Crippen LogP contribution in [0.4, 0.5) is 0 Å². The standard InChI is InChI=1S/C14H10N2O/c15-6-11-7-16-13-4-1-9(8-17)5-12(13)14(11)10-2-3-10/h1,4-5,7-8,10H,2-3H2. The number of aromatic nitrogens is 1. The highest BCUT2D eigenvalue weighted by atomic mass is 16.1. The molecule has 3 heteroatoms. The number of nitrogens with zero attached hydrogens (tertiary/aromatic N) is 2. The van der Waals surface area contributed by atoms with Gasteiger partial charge in [-0.2, -0.15) is 5.26 Å². The molecule has 1 aromatic carbocycles. The molecule has 1 fully saturated rings. The Morgan fingerprint density at radius 1 is 1.41 bits per heavy atom. The second-order valence-electron chi connectivity index (χ2n) is 4.37. The summed E-state index contributed by atoms with van der Waals surface area (Å²) in [7, 11) is 0. The SMILES string of the molecule is N#Cc1cnc2ccc(C=O)cc2c1C1CC1. The lowest BCUT2D eigenvalue weighted by Crippen LogP contribution is -1.93. The summed E-state index contributed by atoms with van der Waals surface area (Å²) >= 11 is 0. The lowest BCUT2D eigenvalue weighted by Gasteiger charge is -2.07. The molecule has 0 N–H and O–H groups in total. The van der Waals surface area contributed by atoms with Crippen LogP contribution in [0, 0.1) is 11.3 Å². The van der Waals surface area contributed by atoms with Crippen molar-refractivity contribution in [3.8, 4) is 6.07 Å².